The summed E-state index contributed by atoms with van der Waals surface area (Å²) < 4.78 is 42.7. The van der Waals surface area contributed by atoms with Gasteiger partial charge in [-0.3, -0.25) is 4.79 Å². The Labute approximate surface area is 259 Å². The molecule has 0 spiro atoms. The Morgan fingerprint density at radius 1 is 0.711 bits per heavy atom. The van der Waals surface area contributed by atoms with Gasteiger partial charge in [0.1, 0.15) is 23.7 Å². The molecule has 2 aromatic carbocycles. The quantitative estimate of drug-likeness (QED) is 0.0741. The van der Waals surface area contributed by atoms with E-state index in [4.69, 9.17) is 37.9 Å². The van der Waals surface area contributed by atoms with Gasteiger partial charge in [0.25, 0.3) is 0 Å². The molecule has 0 saturated carbocycles. The van der Waals surface area contributed by atoms with Crippen LogP contribution < -0.4 is 9.47 Å². The van der Waals surface area contributed by atoms with Gasteiger partial charge >= 0.3 is 30.0 Å². The van der Waals surface area contributed by atoms with E-state index in [1.807, 2.05) is 0 Å². The number of fused-ring (bicyclic) bond motifs is 1. The number of hydrogen-bond donors (Lipinski definition) is 0. The number of unbranched alkanes of at least 4 members (excludes halogenated alkanes) is 3. The third-order valence-corrected chi connectivity index (χ3v) is 6.79. The van der Waals surface area contributed by atoms with E-state index in [2.05, 4.69) is 6.58 Å². The third-order valence-electron chi connectivity index (χ3n) is 6.79. The molecule has 2 unspecified atom stereocenters. The lowest BCUT2D eigenvalue weighted by Gasteiger charge is -2.17. The minimum atomic E-state index is -0.868. The van der Waals surface area contributed by atoms with E-state index in [1.165, 1.54) is 55.5 Å². The number of carbonyl (C=O) groups excluding carboxylic acids is 5. The highest BCUT2D eigenvalue weighted by atomic mass is 16.7. The molecular formula is C32H34O13. The third kappa shape index (κ3) is 9.88. The summed E-state index contributed by atoms with van der Waals surface area (Å²) >= 11 is 0. The molecule has 2 aromatic rings. The fraction of sp³-hybridized carbons (Fsp3) is 0.406. The Bertz CT molecular complexity index is 1350. The van der Waals surface area contributed by atoms with Gasteiger partial charge in [0, 0.05) is 13.0 Å². The first-order valence-corrected chi connectivity index (χ1v) is 14.4. The van der Waals surface area contributed by atoms with Crippen molar-refractivity contribution in [2.24, 2.45) is 0 Å². The fourth-order valence-corrected chi connectivity index (χ4v) is 4.60. The Morgan fingerprint density at radius 3 is 1.64 bits per heavy atom. The summed E-state index contributed by atoms with van der Waals surface area (Å²) in [6.07, 6.45) is 0.512. The molecule has 2 aliphatic rings. The zero-order valence-corrected chi connectivity index (χ0v) is 24.7. The summed E-state index contributed by atoms with van der Waals surface area (Å²) in [7, 11) is 0. The molecular weight excluding hydrogens is 592 g/mol. The van der Waals surface area contributed by atoms with Crippen molar-refractivity contribution in [2.45, 2.75) is 57.0 Å². The molecule has 240 valence electrons. The number of rotatable bonds is 14. The monoisotopic (exact) mass is 626 g/mol. The van der Waals surface area contributed by atoms with Gasteiger partial charge < -0.3 is 37.9 Å². The molecule has 2 aliphatic heterocycles. The predicted molar refractivity (Wildman–Crippen MR) is 154 cm³/mol. The van der Waals surface area contributed by atoms with Crippen LogP contribution in [0.2, 0.25) is 0 Å². The van der Waals surface area contributed by atoms with E-state index in [9.17, 15) is 24.0 Å². The minimum Gasteiger partial charge on any atom is -0.463 e. The maximum atomic E-state index is 12.8. The molecule has 0 radical (unpaired) electrons. The van der Waals surface area contributed by atoms with E-state index >= 15 is 0 Å². The van der Waals surface area contributed by atoms with Crippen LogP contribution in [-0.2, 0) is 38.0 Å². The lowest BCUT2D eigenvalue weighted by molar-refractivity contribution is -0.138. The lowest BCUT2D eigenvalue weighted by atomic mass is 10.1. The van der Waals surface area contributed by atoms with Crippen molar-refractivity contribution in [3.63, 3.8) is 0 Å². The molecule has 13 heteroatoms. The van der Waals surface area contributed by atoms with Crippen molar-refractivity contribution in [3.05, 3.63) is 72.3 Å². The van der Waals surface area contributed by atoms with E-state index in [0.717, 1.165) is 18.9 Å². The minimum absolute atomic E-state index is 0.0575. The van der Waals surface area contributed by atoms with Crippen LogP contribution >= 0.6 is 0 Å². The Hall–Kier alpha value is -4.75. The van der Waals surface area contributed by atoms with Crippen LogP contribution in [0.3, 0.4) is 0 Å². The molecule has 2 saturated heterocycles. The first-order valence-electron chi connectivity index (χ1n) is 14.4. The second kappa shape index (κ2) is 16.4. The number of esters is 4. The molecule has 0 N–H and O–H groups in total. The summed E-state index contributed by atoms with van der Waals surface area (Å²) in [4.78, 5) is 59.4. The van der Waals surface area contributed by atoms with Gasteiger partial charge in [0.15, 0.2) is 12.2 Å². The highest BCUT2D eigenvalue weighted by molar-refractivity contribution is 5.90. The topological polar surface area (TPSA) is 159 Å². The van der Waals surface area contributed by atoms with E-state index < -0.39 is 54.4 Å². The van der Waals surface area contributed by atoms with Crippen LogP contribution in [-0.4, -0.2) is 80.9 Å². The van der Waals surface area contributed by atoms with Crippen molar-refractivity contribution in [1.82, 2.24) is 0 Å². The van der Waals surface area contributed by atoms with Gasteiger partial charge in [-0.05, 0) is 74.2 Å². The average Bonchev–Trinajstić information content (AvgIpc) is 3.61. The van der Waals surface area contributed by atoms with Crippen molar-refractivity contribution in [2.75, 3.05) is 26.4 Å². The normalized spacial score (nSPS) is 19.9. The highest BCUT2D eigenvalue weighted by Crippen LogP contribution is 2.31. The van der Waals surface area contributed by atoms with Crippen LogP contribution in [0.4, 0.5) is 4.79 Å². The largest absolute Gasteiger partial charge is 0.513 e. The van der Waals surface area contributed by atoms with Crippen molar-refractivity contribution in [3.8, 4) is 11.5 Å². The van der Waals surface area contributed by atoms with Crippen LogP contribution in [0.25, 0.3) is 0 Å². The van der Waals surface area contributed by atoms with Crippen LogP contribution in [0, 0.1) is 0 Å². The zero-order valence-electron chi connectivity index (χ0n) is 24.7. The van der Waals surface area contributed by atoms with Gasteiger partial charge in [-0.25, -0.2) is 19.2 Å². The van der Waals surface area contributed by atoms with Crippen LogP contribution in [0.1, 0.15) is 53.3 Å². The summed E-state index contributed by atoms with van der Waals surface area (Å²) in [5.41, 5.74) is 0.476. The molecule has 2 heterocycles. The highest BCUT2D eigenvalue weighted by Gasteiger charge is 2.51. The molecule has 4 atom stereocenters. The van der Waals surface area contributed by atoms with E-state index in [1.54, 1.807) is 0 Å². The summed E-state index contributed by atoms with van der Waals surface area (Å²) in [5, 5.41) is 0. The molecule has 0 bridgehead atoms. The van der Waals surface area contributed by atoms with Crippen molar-refractivity contribution < 1.29 is 61.9 Å². The second-order valence-corrected chi connectivity index (χ2v) is 10.1. The Balaban J connectivity index is 1.15. The molecule has 2 fully saturated rings. The van der Waals surface area contributed by atoms with Gasteiger partial charge in [-0.2, -0.15) is 0 Å². The van der Waals surface area contributed by atoms with Gasteiger partial charge in [-0.1, -0.05) is 6.58 Å². The van der Waals surface area contributed by atoms with Crippen molar-refractivity contribution in [1.29, 1.82) is 0 Å². The molecule has 13 nitrogen and oxygen atoms in total. The average molecular weight is 627 g/mol. The summed E-state index contributed by atoms with van der Waals surface area (Å²) in [6, 6.07) is 11.7. The maximum absolute atomic E-state index is 12.8. The van der Waals surface area contributed by atoms with E-state index in [-0.39, 0.29) is 36.7 Å². The first-order chi connectivity index (χ1) is 21.7. The standard InChI is InChI=1S/C32H34O13/c1-3-27(34)38-16-6-4-5-7-17-39-32(37)43-24-14-10-22(11-15-24)31(36)45-26-19-41-28-25(18-40-29(26)28)44-30(35)21-8-12-23(13-9-21)42-20(2)33/h3,8-15,25-26,28-29H,1,4-7,16-19H2,2H3/t25-,26-,28?,29?/m0/s1. The molecule has 45 heavy (non-hydrogen) atoms. The molecule has 0 aromatic heterocycles. The van der Waals surface area contributed by atoms with Gasteiger partial charge in [0.05, 0.1) is 37.6 Å². The SMILES string of the molecule is C=CC(=O)OCCCCCCOC(=O)Oc1ccc(C(=O)O[C@H]2COC3C2OC[C@@H]3OC(=O)c2ccc(OC(C)=O)cc2)cc1. The van der Waals surface area contributed by atoms with E-state index in [0.29, 0.717) is 25.2 Å². The van der Waals surface area contributed by atoms with Crippen molar-refractivity contribution >= 4 is 30.0 Å². The van der Waals surface area contributed by atoms with Crippen LogP contribution in [0.5, 0.6) is 11.5 Å². The number of carbonyl (C=O) groups is 5. The smallest absolute Gasteiger partial charge is 0.463 e. The molecule has 0 aliphatic carbocycles. The maximum Gasteiger partial charge on any atom is 0.513 e. The second-order valence-electron chi connectivity index (χ2n) is 10.1. The predicted octanol–water partition coefficient (Wildman–Crippen LogP) is 3.97. The summed E-state index contributed by atoms with van der Waals surface area (Å²) in [6.45, 7) is 5.22. The molecule has 4 rings (SSSR count). The zero-order chi connectivity index (χ0) is 32.2. The van der Waals surface area contributed by atoms with Gasteiger partial charge in [-0.15, -0.1) is 0 Å². The lowest BCUT2D eigenvalue weighted by Crippen LogP contribution is -2.36. The fourth-order valence-electron chi connectivity index (χ4n) is 4.60. The summed E-state index contributed by atoms with van der Waals surface area (Å²) in [5.74, 6) is -1.66. The Kier molecular flexibility index (Phi) is 12.0. The number of hydrogen-bond acceptors (Lipinski definition) is 13. The molecule has 0 amide bonds. The Morgan fingerprint density at radius 2 is 1.18 bits per heavy atom. The number of ether oxygens (including phenoxy) is 8. The number of benzene rings is 2. The first kappa shape index (κ1) is 33.1. The van der Waals surface area contributed by atoms with Crippen LogP contribution in [0.15, 0.2) is 61.2 Å². The van der Waals surface area contributed by atoms with Gasteiger partial charge in [0.2, 0.25) is 0 Å².